The summed E-state index contributed by atoms with van der Waals surface area (Å²) in [5.74, 6) is 6.05. The maximum atomic E-state index is 11.4. The molecule has 0 saturated heterocycles. The Labute approximate surface area is 97.3 Å². The Balaban J connectivity index is 1.56. The second-order valence-electron chi connectivity index (χ2n) is 6.51. The number of Topliss-reactive ketones (excluding diaryl/α,β-unsaturated/α-hetero) is 1. The van der Waals surface area contributed by atoms with E-state index in [-0.39, 0.29) is 0 Å². The third kappa shape index (κ3) is 1.15. The molecule has 0 aromatic carbocycles. The lowest BCUT2D eigenvalue weighted by molar-refractivity contribution is -0.117. The summed E-state index contributed by atoms with van der Waals surface area (Å²) in [5.41, 5.74) is 0. The van der Waals surface area contributed by atoms with Crippen molar-refractivity contribution in [2.75, 3.05) is 0 Å². The largest absolute Gasteiger partial charge is 0.300 e. The van der Waals surface area contributed by atoms with Gasteiger partial charge >= 0.3 is 0 Å². The van der Waals surface area contributed by atoms with Crippen LogP contribution < -0.4 is 0 Å². The summed E-state index contributed by atoms with van der Waals surface area (Å²) in [6.45, 7) is 0. The van der Waals surface area contributed by atoms with E-state index in [9.17, 15) is 4.79 Å². The van der Waals surface area contributed by atoms with Crippen LogP contribution in [0.3, 0.4) is 0 Å². The monoisotopic (exact) mass is 216 g/mol. The zero-order valence-corrected chi connectivity index (χ0v) is 9.77. The van der Waals surface area contributed by atoms with Gasteiger partial charge < -0.3 is 0 Å². The van der Waals surface area contributed by atoms with Crippen LogP contribution in [0, 0.1) is 35.5 Å². The van der Waals surface area contributed by atoms with Crippen molar-refractivity contribution in [3.8, 4) is 0 Å². The summed E-state index contributed by atoms with van der Waals surface area (Å²) in [6.07, 6.45) is 12.2. The van der Waals surface area contributed by atoms with E-state index in [0.29, 0.717) is 5.78 Å². The molecule has 2 bridgehead atoms. The lowest BCUT2D eigenvalue weighted by atomic mass is 9.70. The molecular formula is C15H20O. The average Bonchev–Trinajstić information content (AvgIpc) is 2.97. The number of carbonyl (C=O) groups excluding carboxylic acids is 1. The molecule has 0 amide bonds. The van der Waals surface area contributed by atoms with E-state index in [4.69, 9.17) is 0 Å². The summed E-state index contributed by atoms with van der Waals surface area (Å²) in [4.78, 5) is 11.4. The highest BCUT2D eigenvalue weighted by Gasteiger charge is 2.54. The molecule has 0 aliphatic heterocycles. The Morgan fingerprint density at radius 1 is 1.06 bits per heavy atom. The average molecular weight is 216 g/mol. The van der Waals surface area contributed by atoms with Crippen molar-refractivity contribution in [1.29, 1.82) is 0 Å². The molecule has 6 unspecified atom stereocenters. The fraction of sp³-hybridized carbons (Fsp3) is 0.800. The zero-order valence-electron chi connectivity index (χ0n) is 9.77. The van der Waals surface area contributed by atoms with Gasteiger partial charge in [0.25, 0.3) is 0 Å². The lowest BCUT2D eigenvalue weighted by Crippen LogP contribution is -2.28. The van der Waals surface area contributed by atoms with Gasteiger partial charge in [0.1, 0.15) is 5.78 Å². The fourth-order valence-corrected chi connectivity index (χ4v) is 5.35. The molecule has 6 atom stereocenters. The highest BCUT2D eigenvalue weighted by atomic mass is 16.1. The van der Waals surface area contributed by atoms with Crippen LogP contribution in [0.2, 0.25) is 0 Å². The van der Waals surface area contributed by atoms with E-state index in [0.717, 1.165) is 48.3 Å². The van der Waals surface area contributed by atoms with Crippen molar-refractivity contribution >= 4 is 5.78 Å². The first-order valence-corrected chi connectivity index (χ1v) is 7.01. The normalized spacial score (nSPS) is 53.9. The van der Waals surface area contributed by atoms with E-state index < -0.39 is 0 Å². The maximum Gasteiger partial charge on any atom is 0.133 e. The molecule has 0 aromatic heterocycles. The van der Waals surface area contributed by atoms with Crippen LogP contribution >= 0.6 is 0 Å². The third-order valence-corrected chi connectivity index (χ3v) is 5.95. The quantitative estimate of drug-likeness (QED) is 0.615. The minimum atomic E-state index is 0.534. The molecule has 4 aliphatic rings. The predicted molar refractivity (Wildman–Crippen MR) is 62.8 cm³/mol. The summed E-state index contributed by atoms with van der Waals surface area (Å²) in [6, 6.07) is 0. The summed E-state index contributed by atoms with van der Waals surface area (Å²) in [5, 5.41) is 0. The molecule has 3 saturated carbocycles. The van der Waals surface area contributed by atoms with Crippen LogP contribution in [0.25, 0.3) is 0 Å². The van der Waals surface area contributed by atoms with E-state index in [1.807, 2.05) is 0 Å². The first-order valence-electron chi connectivity index (χ1n) is 7.01. The Bertz CT molecular complexity index is 356. The molecule has 0 aromatic rings. The first kappa shape index (κ1) is 9.44. The van der Waals surface area contributed by atoms with Gasteiger partial charge in [-0.3, -0.25) is 4.79 Å². The van der Waals surface area contributed by atoms with Gasteiger partial charge in [-0.25, -0.2) is 0 Å². The van der Waals surface area contributed by atoms with Gasteiger partial charge in [0, 0.05) is 12.8 Å². The van der Waals surface area contributed by atoms with Gasteiger partial charge in [-0.1, -0.05) is 12.2 Å². The molecule has 16 heavy (non-hydrogen) atoms. The van der Waals surface area contributed by atoms with Crippen molar-refractivity contribution in [1.82, 2.24) is 0 Å². The molecule has 86 valence electrons. The van der Waals surface area contributed by atoms with Gasteiger partial charge in [-0.05, 0) is 61.2 Å². The molecular weight excluding hydrogens is 196 g/mol. The van der Waals surface area contributed by atoms with E-state index >= 15 is 0 Å². The second-order valence-corrected chi connectivity index (χ2v) is 6.51. The minimum absolute atomic E-state index is 0.534. The van der Waals surface area contributed by atoms with E-state index in [2.05, 4.69) is 12.2 Å². The van der Waals surface area contributed by atoms with Crippen LogP contribution in [-0.2, 0) is 4.79 Å². The Morgan fingerprint density at radius 2 is 1.94 bits per heavy atom. The smallest absolute Gasteiger partial charge is 0.133 e. The van der Waals surface area contributed by atoms with Crippen molar-refractivity contribution in [2.45, 2.75) is 38.5 Å². The number of carbonyl (C=O) groups is 1. The van der Waals surface area contributed by atoms with Crippen LogP contribution in [0.4, 0.5) is 0 Å². The van der Waals surface area contributed by atoms with Crippen LogP contribution in [-0.4, -0.2) is 5.78 Å². The molecule has 1 heteroatoms. The number of fused-ring (bicyclic) bond motifs is 5. The standard InChI is InChI=1S/C15H20O/c16-11-5-4-9(6-11)14-7-10-8-15(14)13-3-1-2-12(10)13/h1,3,9-10,12-15H,2,4-8H2. The molecule has 0 spiro atoms. The molecule has 0 N–H and O–H groups in total. The lowest BCUT2D eigenvalue weighted by Gasteiger charge is -2.34. The predicted octanol–water partition coefficient (Wildman–Crippen LogP) is 3.20. The van der Waals surface area contributed by atoms with Crippen molar-refractivity contribution in [3.63, 3.8) is 0 Å². The van der Waals surface area contributed by atoms with E-state index in [1.54, 1.807) is 0 Å². The number of ketones is 1. The Morgan fingerprint density at radius 3 is 2.75 bits per heavy atom. The van der Waals surface area contributed by atoms with Gasteiger partial charge in [0.2, 0.25) is 0 Å². The van der Waals surface area contributed by atoms with Crippen LogP contribution in [0.1, 0.15) is 38.5 Å². The number of rotatable bonds is 1. The third-order valence-electron chi connectivity index (χ3n) is 5.95. The zero-order chi connectivity index (χ0) is 10.7. The highest BCUT2D eigenvalue weighted by molar-refractivity contribution is 5.80. The van der Waals surface area contributed by atoms with Gasteiger partial charge in [0.15, 0.2) is 0 Å². The van der Waals surface area contributed by atoms with Gasteiger partial charge in [-0.15, -0.1) is 0 Å². The molecule has 1 nitrogen and oxygen atoms in total. The van der Waals surface area contributed by atoms with Crippen LogP contribution in [0.15, 0.2) is 12.2 Å². The molecule has 4 aliphatic carbocycles. The SMILES string of the molecule is O=C1CCC(C2CC3CC2C2C=CCC32)C1. The van der Waals surface area contributed by atoms with Crippen molar-refractivity contribution < 1.29 is 4.79 Å². The molecule has 3 fully saturated rings. The minimum Gasteiger partial charge on any atom is -0.300 e. The topological polar surface area (TPSA) is 17.1 Å². The van der Waals surface area contributed by atoms with E-state index in [1.165, 1.54) is 25.7 Å². The second kappa shape index (κ2) is 3.21. The van der Waals surface area contributed by atoms with Crippen LogP contribution in [0.5, 0.6) is 0 Å². The Kier molecular flexibility index (Phi) is 1.89. The summed E-state index contributed by atoms with van der Waals surface area (Å²) < 4.78 is 0. The maximum absolute atomic E-state index is 11.4. The van der Waals surface area contributed by atoms with Crippen molar-refractivity contribution in [3.05, 3.63) is 12.2 Å². The van der Waals surface area contributed by atoms with Gasteiger partial charge in [-0.2, -0.15) is 0 Å². The summed E-state index contributed by atoms with van der Waals surface area (Å²) in [7, 11) is 0. The van der Waals surface area contributed by atoms with Gasteiger partial charge in [0.05, 0.1) is 0 Å². The number of hydrogen-bond acceptors (Lipinski definition) is 1. The number of hydrogen-bond donors (Lipinski definition) is 0. The Hall–Kier alpha value is -0.590. The fourth-order valence-electron chi connectivity index (χ4n) is 5.35. The highest BCUT2D eigenvalue weighted by Crippen LogP contribution is 2.61. The molecule has 0 heterocycles. The molecule has 4 rings (SSSR count). The summed E-state index contributed by atoms with van der Waals surface area (Å²) >= 11 is 0. The molecule has 0 radical (unpaired) electrons. The first-order chi connectivity index (χ1) is 7.83. The number of allylic oxidation sites excluding steroid dienone is 2. The van der Waals surface area contributed by atoms with Crippen molar-refractivity contribution in [2.24, 2.45) is 35.5 Å².